The molecule has 1 aromatic rings. The Hall–Kier alpha value is -0.940. The molecule has 1 aromatic carbocycles. The number of benzene rings is 1. The van der Waals surface area contributed by atoms with Crippen LogP contribution in [-0.2, 0) is 6.54 Å². The second kappa shape index (κ2) is 4.07. The van der Waals surface area contributed by atoms with Crippen LogP contribution >= 0.6 is 0 Å². The van der Waals surface area contributed by atoms with Gasteiger partial charge in [-0.1, -0.05) is 30.3 Å². The third-order valence-corrected chi connectivity index (χ3v) is 4.02. The van der Waals surface area contributed by atoms with Crippen molar-refractivity contribution < 1.29 is 15.3 Å². The van der Waals surface area contributed by atoms with Crippen molar-refractivity contribution in [3.05, 3.63) is 35.9 Å². The number of hydrogen-bond acceptors (Lipinski definition) is 4. The summed E-state index contributed by atoms with van der Waals surface area (Å²) in [5.74, 6) is -0.210. The standard InChI is InChI=1S/C13H17NO3/c15-7-9-10-11(13(17)12(9)16)14(10)6-8-4-2-1-3-5-8/h1-5,9-13,15-17H,6-7H2/t9-,10+,11+,12-,13-,14?/m1/s1. The van der Waals surface area contributed by atoms with Crippen LogP contribution in [0.2, 0.25) is 0 Å². The summed E-state index contributed by atoms with van der Waals surface area (Å²) in [4.78, 5) is 2.15. The van der Waals surface area contributed by atoms with Crippen LogP contribution in [0.3, 0.4) is 0 Å². The molecule has 2 aliphatic rings. The molecule has 6 atom stereocenters. The van der Waals surface area contributed by atoms with E-state index in [1.54, 1.807) is 0 Å². The molecule has 17 heavy (non-hydrogen) atoms. The summed E-state index contributed by atoms with van der Waals surface area (Å²) >= 11 is 0. The molecule has 0 radical (unpaired) electrons. The summed E-state index contributed by atoms with van der Waals surface area (Å²) < 4.78 is 0. The fourth-order valence-corrected chi connectivity index (χ4v) is 3.09. The van der Waals surface area contributed by atoms with Crippen molar-refractivity contribution in [3.63, 3.8) is 0 Å². The van der Waals surface area contributed by atoms with Gasteiger partial charge in [0, 0.05) is 18.5 Å². The van der Waals surface area contributed by atoms with Crippen molar-refractivity contribution in [2.45, 2.75) is 30.8 Å². The first-order valence-corrected chi connectivity index (χ1v) is 6.00. The Balaban J connectivity index is 1.70. The highest BCUT2D eigenvalue weighted by atomic mass is 16.3. The molecule has 4 heteroatoms. The van der Waals surface area contributed by atoms with Crippen LogP contribution in [0.1, 0.15) is 5.56 Å². The molecule has 0 aromatic heterocycles. The average Bonchev–Trinajstić information content (AvgIpc) is 2.96. The van der Waals surface area contributed by atoms with Crippen LogP contribution in [0.4, 0.5) is 0 Å². The number of fused-ring (bicyclic) bond motifs is 1. The van der Waals surface area contributed by atoms with E-state index >= 15 is 0 Å². The van der Waals surface area contributed by atoms with E-state index in [4.69, 9.17) is 0 Å². The molecular weight excluding hydrogens is 218 g/mol. The van der Waals surface area contributed by atoms with Gasteiger partial charge in [0.15, 0.2) is 0 Å². The molecular formula is C13H17NO3. The summed E-state index contributed by atoms with van der Waals surface area (Å²) in [6.45, 7) is 0.709. The second-order valence-electron chi connectivity index (χ2n) is 4.97. The molecule has 0 amide bonds. The van der Waals surface area contributed by atoms with Gasteiger partial charge in [0.25, 0.3) is 0 Å². The maximum atomic E-state index is 9.86. The van der Waals surface area contributed by atoms with Gasteiger partial charge in [-0.05, 0) is 5.56 Å². The van der Waals surface area contributed by atoms with Gasteiger partial charge in [-0.15, -0.1) is 0 Å². The smallest absolute Gasteiger partial charge is 0.0973 e. The Bertz CT molecular complexity index is 397. The van der Waals surface area contributed by atoms with Gasteiger partial charge in [0.05, 0.1) is 24.9 Å². The Morgan fingerprint density at radius 1 is 1.00 bits per heavy atom. The zero-order valence-electron chi connectivity index (χ0n) is 9.48. The predicted molar refractivity (Wildman–Crippen MR) is 62.2 cm³/mol. The largest absolute Gasteiger partial charge is 0.396 e. The first-order valence-electron chi connectivity index (χ1n) is 6.00. The van der Waals surface area contributed by atoms with E-state index in [0.717, 1.165) is 6.54 Å². The molecule has 3 rings (SSSR count). The Kier molecular flexibility index (Phi) is 2.67. The zero-order chi connectivity index (χ0) is 12.0. The van der Waals surface area contributed by atoms with E-state index in [-0.39, 0.29) is 24.6 Å². The van der Waals surface area contributed by atoms with Crippen molar-refractivity contribution in [3.8, 4) is 0 Å². The minimum atomic E-state index is -0.776. The lowest BCUT2D eigenvalue weighted by Gasteiger charge is -2.22. The third kappa shape index (κ3) is 1.68. The van der Waals surface area contributed by atoms with Crippen LogP contribution in [0.15, 0.2) is 30.3 Å². The molecule has 1 aliphatic carbocycles. The second-order valence-corrected chi connectivity index (χ2v) is 4.97. The highest BCUT2D eigenvalue weighted by molar-refractivity contribution is 5.23. The van der Waals surface area contributed by atoms with E-state index < -0.39 is 12.2 Å². The monoisotopic (exact) mass is 235 g/mol. The van der Waals surface area contributed by atoms with E-state index in [1.807, 2.05) is 30.3 Å². The van der Waals surface area contributed by atoms with Gasteiger partial charge >= 0.3 is 0 Å². The number of piperidine rings is 1. The SMILES string of the molecule is OC[C@H]1[C@@H](O)[C@H](O)[C@@H]2[C@H]1N2Cc1ccccc1. The van der Waals surface area contributed by atoms with Crippen molar-refractivity contribution in [1.82, 2.24) is 4.90 Å². The lowest BCUT2D eigenvalue weighted by molar-refractivity contribution is -0.0252. The third-order valence-electron chi connectivity index (χ3n) is 4.02. The maximum absolute atomic E-state index is 9.86. The molecule has 1 heterocycles. The van der Waals surface area contributed by atoms with Crippen molar-refractivity contribution in [2.24, 2.45) is 5.92 Å². The van der Waals surface area contributed by atoms with E-state index in [2.05, 4.69) is 4.90 Å². The van der Waals surface area contributed by atoms with Crippen LogP contribution < -0.4 is 0 Å². The minimum absolute atomic E-state index is 0.0161. The number of hydrogen-bond donors (Lipinski definition) is 3. The Morgan fingerprint density at radius 3 is 2.35 bits per heavy atom. The normalized spacial score (nSPS) is 43.5. The van der Waals surface area contributed by atoms with Crippen molar-refractivity contribution >= 4 is 0 Å². The summed E-state index contributed by atoms with van der Waals surface area (Å²) in [6.07, 6.45) is -1.50. The Labute approximate surface area is 100 Å². The number of nitrogens with zero attached hydrogens (tertiary/aromatic N) is 1. The highest BCUT2D eigenvalue weighted by Crippen LogP contribution is 2.47. The molecule has 1 saturated carbocycles. The van der Waals surface area contributed by atoms with Crippen molar-refractivity contribution in [2.75, 3.05) is 6.61 Å². The van der Waals surface area contributed by atoms with Crippen LogP contribution in [-0.4, -0.2) is 51.1 Å². The molecule has 0 spiro atoms. The Morgan fingerprint density at radius 2 is 1.71 bits per heavy atom. The minimum Gasteiger partial charge on any atom is -0.396 e. The van der Waals surface area contributed by atoms with Crippen molar-refractivity contribution in [1.29, 1.82) is 0 Å². The molecule has 2 fully saturated rings. The van der Waals surface area contributed by atoms with E-state index in [9.17, 15) is 15.3 Å². The first kappa shape index (κ1) is 11.2. The van der Waals surface area contributed by atoms with E-state index in [0.29, 0.717) is 0 Å². The topological polar surface area (TPSA) is 63.7 Å². The van der Waals surface area contributed by atoms with Gasteiger partial charge in [-0.3, -0.25) is 4.90 Å². The fourth-order valence-electron chi connectivity index (χ4n) is 3.09. The van der Waals surface area contributed by atoms with Gasteiger partial charge < -0.3 is 15.3 Å². The number of aliphatic hydroxyl groups is 3. The van der Waals surface area contributed by atoms with Gasteiger partial charge in [-0.25, -0.2) is 0 Å². The van der Waals surface area contributed by atoms with Crippen LogP contribution in [0.5, 0.6) is 0 Å². The molecule has 0 bridgehead atoms. The first-order chi connectivity index (χ1) is 8.24. The average molecular weight is 235 g/mol. The molecule has 1 unspecified atom stereocenters. The lowest BCUT2D eigenvalue weighted by Crippen LogP contribution is -2.37. The van der Waals surface area contributed by atoms with Gasteiger partial charge in [0.2, 0.25) is 0 Å². The molecule has 4 nitrogen and oxygen atoms in total. The lowest BCUT2D eigenvalue weighted by atomic mass is 10.0. The quantitative estimate of drug-likeness (QED) is 0.623. The van der Waals surface area contributed by atoms with Crippen LogP contribution in [0.25, 0.3) is 0 Å². The fraction of sp³-hybridized carbons (Fsp3) is 0.538. The number of rotatable bonds is 3. The number of likely N-dealkylation sites (tertiary alicyclic amines) is 1. The van der Waals surface area contributed by atoms with Gasteiger partial charge in [0.1, 0.15) is 0 Å². The van der Waals surface area contributed by atoms with Crippen LogP contribution in [0, 0.1) is 5.92 Å². The molecule has 92 valence electrons. The molecule has 1 aliphatic heterocycles. The summed E-state index contributed by atoms with van der Waals surface area (Å²) in [5, 5.41) is 28.8. The summed E-state index contributed by atoms with van der Waals surface area (Å²) in [7, 11) is 0. The maximum Gasteiger partial charge on any atom is 0.0973 e. The highest BCUT2D eigenvalue weighted by Gasteiger charge is 2.64. The zero-order valence-corrected chi connectivity index (χ0v) is 9.48. The molecule has 3 N–H and O–H groups in total. The summed E-state index contributed by atoms with van der Waals surface area (Å²) in [5.41, 5.74) is 1.19. The van der Waals surface area contributed by atoms with E-state index in [1.165, 1.54) is 5.56 Å². The van der Waals surface area contributed by atoms with Gasteiger partial charge in [-0.2, -0.15) is 0 Å². The number of aliphatic hydroxyl groups excluding tert-OH is 3. The predicted octanol–water partition coefficient (Wildman–Crippen LogP) is -0.417. The molecule has 1 saturated heterocycles. The summed E-state index contributed by atoms with van der Waals surface area (Å²) in [6, 6.07) is 10.2.